The van der Waals surface area contributed by atoms with Crippen molar-refractivity contribution >= 4 is 61.8 Å². The second-order valence-corrected chi connectivity index (χ2v) is 10.8. The van der Waals surface area contributed by atoms with Crippen LogP contribution in [0.1, 0.15) is 59.7 Å². The number of halogens is 1. The molecule has 0 aliphatic heterocycles. The van der Waals surface area contributed by atoms with Crippen LogP contribution in [0.15, 0.2) is 32.9 Å². The summed E-state index contributed by atoms with van der Waals surface area (Å²) >= 11 is 8.66. The van der Waals surface area contributed by atoms with Gasteiger partial charge in [-0.1, -0.05) is 36.2 Å². The number of ether oxygens (including phenoxy) is 1. The fourth-order valence-corrected chi connectivity index (χ4v) is 6.72. The molecule has 0 spiro atoms. The van der Waals surface area contributed by atoms with Crippen molar-refractivity contribution in [3.8, 4) is 0 Å². The summed E-state index contributed by atoms with van der Waals surface area (Å²) < 4.78 is 6.90. The van der Waals surface area contributed by atoms with Gasteiger partial charge < -0.3 is 9.72 Å². The Bertz CT molecular complexity index is 1570. The summed E-state index contributed by atoms with van der Waals surface area (Å²) in [5.41, 5.74) is 0.732. The summed E-state index contributed by atoms with van der Waals surface area (Å²) in [6, 6.07) is 5.22. The van der Waals surface area contributed by atoms with Gasteiger partial charge in [-0.05, 0) is 50.5 Å². The topological polar surface area (TPSA) is 107 Å². The number of benzene rings is 1. The number of thiophene rings is 1. The fourth-order valence-electron chi connectivity index (χ4n) is 4.52. The van der Waals surface area contributed by atoms with Gasteiger partial charge in [-0.25, -0.2) is 14.8 Å². The number of carbonyl (C=O) groups is 1. The molecule has 0 unspecified atom stereocenters. The van der Waals surface area contributed by atoms with Gasteiger partial charge in [0.15, 0.2) is 5.16 Å². The maximum atomic E-state index is 13.4. The molecular weight excluding hydrogens is 508 g/mol. The average Bonchev–Trinajstić information content (AvgIpc) is 3.46. The Morgan fingerprint density at radius 1 is 1.29 bits per heavy atom. The van der Waals surface area contributed by atoms with Gasteiger partial charge in [-0.3, -0.25) is 14.2 Å². The first kappa shape index (κ1) is 24.0. The number of aromatic amines is 1. The molecule has 182 valence electrons. The van der Waals surface area contributed by atoms with E-state index < -0.39 is 5.97 Å². The highest BCUT2D eigenvalue weighted by atomic mass is 35.5. The lowest BCUT2D eigenvalue weighted by Gasteiger charge is -2.18. The Balaban J connectivity index is 1.52. The molecule has 0 bridgehead atoms. The summed E-state index contributed by atoms with van der Waals surface area (Å²) in [5, 5.41) is 2.03. The van der Waals surface area contributed by atoms with E-state index in [1.165, 1.54) is 11.8 Å². The van der Waals surface area contributed by atoms with Crippen LogP contribution in [0.3, 0.4) is 0 Å². The van der Waals surface area contributed by atoms with Crippen molar-refractivity contribution in [3.63, 3.8) is 0 Å². The summed E-state index contributed by atoms with van der Waals surface area (Å²) in [6.07, 6.45) is 4.01. The molecule has 1 saturated carbocycles. The molecule has 1 fully saturated rings. The molecule has 3 aromatic heterocycles. The first-order valence-corrected chi connectivity index (χ1v) is 13.6. The van der Waals surface area contributed by atoms with Crippen molar-refractivity contribution in [2.24, 2.45) is 0 Å². The molecule has 1 aromatic carbocycles. The molecule has 11 heteroatoms. The average molecular weight is 531 g/mol. The van der Waals surface area contributed by atoms with E-state index >= 15 is 0 Å². The summed E-state index contributed by atoms with van der Waals surface area (Å²) in [6.45, 7) is 3.71. The minimum atomic E-state index is -0.456. The summed E-state index contributed by atoms with van der Waals surface area (Å²) in [7, 11) is 0. The van der Waals surface area contributed by atoms with Crippen LogP contribution in [0.25, 0.3) is 21.1 Å². The van der Waals surface area contributed by atoms with Gasteiger partial charge in [0.2, 0.25) is 0 Å². The standard InChI is InChI=1S/C24H23ClN4O4S2/c1-3-33-23(32)19-12(2)18-20(30)27-17(28-21(18)35-19)11-34-24-26-16-10-13(25)8-9-15(16)22(31)29(24)14-6-4-5-7-14/h8-10,14H,3-7,11H2,1-2H3,(H,27,28,30). The minimum Gasteiger partial charge on any atom is -0.462 e. The zero-order valence-electron chi connectivity index (χ0n) is 19.2. The van der Waals surface area contributed by atoms with Gasteiger partial charge in [-0.15, -0.1) is 11.3 Å². The third kappa shape index (κ3) is 4.50. The fraction of sp³-hybridized carbons (Fsp3) is 0.375. The van der Waals surface area contributed by atoms with Crippen LogP contribution in [-0.2, 0) is 10.5 Å². The van der Waals surface area contributed by atoms with Crippen molar-refractivity contribution in [1.82, 2.24) is 19.5 Å². The highest BCUT2D eigenvalue weighted by Crippen LogP contribution is 2.33. The van der Waals surface area contributed by atoms with E-state index in [1.807, 2.05) is 0 Å². The number of aryl methyl sites for hydroxylation is 1. The largest absolute Gasteiger partial charge is 0.462 e. The van der Waals surface area contributed by atoms with Crippen LogP contribution in [0.5, 0.6) is 0 Å². The zero-order chi connectivity index (χ0) is 24.7. The Labute approximate surface area is 213 Å². The number of nitrogens with one attached hydrogen (secondary N) is 1. The van der Waals surface area contributed by atoms with Crippen molar-refractivity contribution in [2.45, 2.75) is 56.5 Å². The number of esters is 1. The molecule has 1 aliphatic rings. The molecule has 35 heavy (non-hydrogen) atoms. The molecule has 0 saturated heterocycles. The SMILES string of the molecule is CCOC(=O)c1sc2nc(CSc3nc4cc(Cl)ccc4c(=O)n3C3CCCC3)[nH]c(=O)c2c1C. The Morgan fingerprint density at radius 2 is 2.06 bits per heavy atom. The predicted molar refractivity (Wildman–Crippen MR) is 139 cm³/mol. The monoisotopic (exact) mass is 530 g/mol. The van der Waals surface area contributed by atoms with Crippen LogP contribution < -0.4 is 11.1 Å². The van der Waals surface area contributed by atoms with Crippen LogP contribution in [0.4, 0.5) is 0 Å². The van der Waals surface area contributed by atoms with Crippen molar-refractivity contribution in [3.05, 3.63) is 60.2 Å². The number of rotatable bonds is 6. The molecule has 0 radical (unpaired) electrons. The molecule has 3 heterocycles. The lowest BCUT2D eigenvalue weighted by Crippen LogP contribution is -2.26. The van der Waals surface area contributed by atoms with Gasteiger partial charge in [0.05, 0.1) is 28.6 Å². The van der Waals surface area contributed by atoms with E-state index in [-0.39, 0.29) is 23.8 Å². The molecule has 8 nitrogen and oxygen atoms in total. The number of carbonyl (C=O) groups excluding carboxylic acids is 1. The Hall–Kier alpha value is -2.69. The number of aromatic nitrogens is 4. The van der Waals surface area contributed by atoms with E-state index in [9.17, 15) is 14.4 Å². The smallest absolute Gasteiger partial charge is 0.348 e. The first-order chi connectivity index (χ1) is 16.9. The number of fused-ring (bicyclic) bond motifs is 2. The highest BCUT2D eigenvalue weighted by molar-refractivity contribution is 7.98. The third-order valence-electron chi connectivity index (χ3n) is 6.17. The molecular formula is C24H23ClN4O4S2. The maximum Gasteiger partial charge on any atom is 0.348 e. The number of nitrogens with zero attached hydrogens (tertiary/aromatic N) is 3. The molecule has 1 aliphatic carbocycles. The van der Waals surface area contributed by atoms with E-state index in [0.717, 1.165) is 37.0 Å². The van der Waals surface area contributed by atoms with Gasteiger partial charge >= 0.3 is 5.97 Å². The van der Waals surface area contributed by atoms with Crippen LogP contribution >= 0.6 is 34.7 Å². The third-order valence-corrected chi connectivity index (χ3v) is 8.53. The molecule has 4 aromatic rings. The second-order valence-electron chi connectivity index (χ2n) is 8.43. The van der Waals surface area contributed by atoms with Crippen molar-refractivity contribution in [2.75, 3.05) is 6.61 Å². The van der Waals surface area contributed by atoms with Gasteiger partial charge in [-0.2, -0.15) is 0 Å². The van der Waals surface area contributed by atoms with Crippen molar-refractivity contribution in [1.29, 1.82) is 0 Å². The van der Waals surface area contributed by atoms with E-state index in [4.69, 9.17) is 21.3 Å². The quantitative estimate of drug-likeness (QED) is 0.206. The van der Waals surface area contributed by atoms with Gasteiger partial charge in [0.1, 0.15) is 15.5 Å². The van der Waals surface area contributed by atoms with E-state index in [2.05, 4.69) is 9.97 Å². The normalized spacial score (nSPS) is 14.3. The van der Waals surface area contributed by atoms with Gasteiger partial charge in [0, 0.05) is 11.1 Å². The minimum absolute atomic E-state index is 0.0778. The first-order valence-electron chi connectivity index (χ1n) is 11.4. The molecule has 0 amide bonds. The maximum absolute atomic E-state index is 13.4. The number of H-pyrrole nitrogens is 1. The summed E-state index contributed by atoms with van der Waals surface area (Å²) in [4.78, 5) is 51.5. The number of hydrogen-bond acceptors (Lipinski definition) is 8. The van der Waals surface area contributed by atoms with Crippen LogP contribution in [0, 0.1) is 6.92 Å². The molecule has 5 rings (SSSR count). The highest BCUT2D eigenvalue weighted by Gasteiger charge is 2.24. The Morgan fingerprint density at radius 3 is 2.80 bits per heavy atom. The number of thioether (sulfide) groups is 1. The summed E-state index contributed by atoms with van der Waals surface area (Å²) in [5.74, 6) is 0.299. The number of hydrogen-bond donors (Lipinski definition) is 1. The lowest BCUT2D eigenvalue weighted by molar-refractivity contribution is 0.0531. The molecule has 0 atom stereocenters. The van der Waals surface area contributed by atoms with Crippen molar-refractivity contribution < 1.29 is 9.53 Å². The van der Waals surface area contributed by atoms with Gasteiger partial charge in [0.25, 0.3) is 11.1 Å². The van der Waals surface area contributed by atoms with Crippen LogP contribution in [0.2, 0.25) is 5.02 Å². The molecule has 1 N–H and O–H groups in total. The van der Waals surface area contributed by atoms with E-state index in [1.54, 1.807) is 36.6 Å². The predicted octanol–water partition coefficient (Wildman–Crippen LogP) is 5.24. The van der Waals surface area contributed by atoms with Crippen LogP contribution in [-0.4, -0.2) is 32.1 Å². The van der Waals surface area contributed by atoms with E-state index in [0.29, 0.717) is 53.3 Å². The lowest BCUT2D eigenvalue weighted by atomic mass is 10.2. The zero-order valence-corrected chi connectivity index (χ0v) is 21.6. The second kappa shape index (κ2) is 9.75. The Kier molecular flexibility index (Phi) is 6.69.